The van der Waals surface area contributed by atoms with Crippen LogP contribution in [0.1, 0.15) is 34.5 Å². The fraction of sp³-hybridized carbons (Fsp3) is 0.192. The number of hydrogen-bond donors (Lipinski definition) is 0. The zero-order valence-electron chi connectivity index (χ0n) is 17.3. The van der Waals surface area contributed by atoms with Crippen LogP contribution < -0.4 is 0 Å². The molecule has 0 amide bonds. The van der Waals surface area contributed by atoms with E-state index in [4.69, 9.17) is 14.7 Å². The Morgan fingerprint density at radius 3 is 2.39 bits per heavy atom. The quantitative estimate of drug-likeness (QED) is 0.229. The minimum Gasteiger partial charge on any atom is -0.465 e. The molecule has 0 spiro atoms. The van der Waals surface area contributed by atoms with Crippen LogP contribution in [0.4, 0.5) is 0 Å². The molecular weight excluding hydrogens is 452 g/mol. The summed E-state index contributed by atoms with van der Waals surface area (Å²) in [4.78, 5) is 21.7. The summed E-state index contributed by atoms with van der Waals surface area (Å²) in [5, 5.41) is 0. The van der Waals surface area contributed by atoms with Crippen molar-refractivity contribution in [1.82, 2.24) is 9.97 Å². The maximum Gasteiger partial charge on any atom is 0.337 e. The Hall–Kier alpha value is -3.05. The van der Waals surface area contributed by atoms with Crippen LogP contribution in [-0.2, 0) is 17.6 Å². The number of aromatic nitrogens is 2. The number of unbranched alkanes of at least 4 members (excludes halogenated alkanes) is 1. The Kier molecular flexibility index (Phi) is 6.73. The molecule has 0 N–H and O–H groups in total. The van der Waals surface area contributed by atoms with E-state index in [1.165, 1.54) is 12.7 Å². The molecule has 0 aliphatic rings. The predicted molar refractivity (Wildman–Crippen MR) is 127 cm³/mol. The summed E-state index contributed by atoms with van der Waals surface area (Å²) in [5.74, 6) is -0.370. The molecule has 4 aromatic rings. The van der Waals surface area contributed by atoms with Crippen molar-refractivity contribution in [3.8, 4) is 11.3 Å². The lowest BCUT2D eigenvalue weighted by Crippen LogP contribution is -2.04. The number of rotatable bonds is 7. The first kappa shape index (κ1) is 21.2. The number of fused-ring (bicyclic) bond motifs is 1. The maximum atomic E-state index is 11.9. The number of hydrogen-bond acceptors (Lipinski definition) is 4. The third-order valence-electron chi connectivity index (χ3n) is 5.27. The zero-order valence-corrected chi connectivity index (χ0v) is 18.9. The Morgan fingerprint density at radius 2 is 1.61 bits per heavy atom. The first-order chi connectivity index (χ1) is 15.2. The number of benzene rings is 3. The molecular formula is C26H23BrN2O2. The molecule has 4 nitrogen and oxygen atoms in total. The van der Waals surface area contributed by atoms with Gasteiger partial charge in [0.2, 0.25) is 0 Å². The molecule has 0 fully saturated rings. The normalized spacial score (nSPS) is 10.9. The van der Waals surface area contributed by atoms with Crippen molar-refractivity contribution in [2.75, 3.05) is 7.11 Å². The summed E-state index contributed by atoms with van der Waals surface area (Å²) >= 11 is 3.63. The van der Waals surface area contributed by atoms with E-state index in [0.29, 0.717) is 11.1 Å². The van der Waals surface area contributed by atoms with Gasteiger partial charge in [0, 0.05) is 10.0 Å². The van der Waals surface area contributed by atoms with Crippen LogP contribution in [0.25, 0.3) is 22.3 Å². The lowest BCUT2D eigenvalue weighted by Gasteiger charge is -2.11. The smallest absolute Gasteiger partial charge is 0.337 e. The largest absolute Gasteiger partial charge is 0.465 e. The Balaban J connectivity index is 1.62. The second kappa shape index (κ2) is 9.84. The fourth-order valence-electron chi connectivity index (χ4n) is 3.65. The maximum absolute atomic E-state index is 11.9. The first-order valence-corrected chi connectivity index (χ1v) is 11.1. The number of esters is 1. The molecule has 0 saturated carbocycles. The summed E-state index contributed by atoms with van der Waals surface area (Å²) in [6, 6.07) is 23.8. The van der Waals surface area contributed by atoms with Crippen molar-refractivity contribution in [2.24, 2.45) is 0 Å². The molecule has 3 aromatic carbocycles. The van der Waals surface area contributed by atoms with Gasteiger partial charge in [-0.3, -0.25) is 0 Å². The van der Waals surface area contributed by atoms with E-state index in [-0.39, 0.29) is 5.97 Å². The second-order valence-electron chi connectivity index (χ2n) is 7.38. The number of aryl methyl sites for hydroxylation is 2. The highest BCUT2D eigenvalue weighted by Gasteiger charge is 2.13. The second-order valence-corrected chi connectivity index (χ2v) is 8.23. The number of nitrogens with zero attached hydrogens (tertiary/aromatic N) is 2. The summed E-state index contributed by atoms with van der Waals surface area (Å²) in [5.41, 5.74) is 6.18. The van der Waals surface area contributed by atoms with Crippen LogP contribution in [-0.4, -0.2) is 23.0 Å². The van der Waals surface area contributed by atoms with E-state index in [1.807, 2.05) is 30.3 Å². The molecule has 0 aliphatic carbocycles. The van der Waals surface area contributed by atoms with E-state index in [0.717, 1.165) is 52.6 Å². The molecule has 31 heavy (non-hydrogen) atoms. The van der Waals surface area contributed by atoms with Gasteiger partial charge in [-0.05, 0) is 55.5 Å². The van der Waals surface area contributed by atoms with E-state index < -0.39 is 0 Å². The number of carbonyl (C=O) groups excluding carboxylic acids is 1. The molecule has 4 rings (SSSR count). The lowest BCUT2D eigenvalue weighted by atomic mass is 10.0. The van der Waals surface area contributed by atoms with Crippen molar-refractivity contribution in [1.29, 1.82) is 0 Å². The molecule has 0 unspecified atom stereocenters. The van der Waals surface area contributed by atoms with Gasteiger partial charge >= 0.3 is 5.97 Å². The van der Waals surface area contributed by atoms with E-state index in [1.54, 1.807) is 12.1 Å². The topological polar surface area (TPSA) is 52.1 Å². The summed E-state index contributed by atoms with van der Waals surface area (Å²) in [6.07, 6.45) is 3.88. The van der Waals surface area contributed by atoms with E-state index in [9.17, 15) is 4.79 Å². The monoisotopic (exact) mass is 474 g/mol. The molecule has 0 bridgehead atoms. The molecule has 0 atom stereocenters. The average Bonchev–Trinajstić information content (AvgIpc) is 2.82. The minimum atomic E-state index is -0.370. The van der Waals surface area contributed by atoms with Gasteiger partial charge in [0.1, 0.15) is 0 Å². The van der Waals surface area contributed by atoms with Gasteiger partial charge in [-0.25, -0.2) is 14.8 Å². The summed E-state index contributed by atoms with van der Waals surface area (Å²) in [6.45, 7) is 0. The van der Waals surface area contributed by atoms with Crippen LogP contribution in [0.5, 0.6) is 0 Å². The Labute approximate surface area is 190 Å². The van der Waals surface area contributed by atoms with E-state index >= 15 is 0 Å². The Morgan fingerprint density at radius 1 is 0.871 bits per heavy atom. The van der Waals surface area contributed by atoms with Gasteiger partial charge in [0.05, 0.1) is 35.1 Å². The van der Waals surface area contributed by atoms with Gasteiger partial charge in [-0.2, -0.15) is 0 Å². The molecule has 0 radical (unpaired) electrons. The molecule has 1 aromatic heterocycles. The molecule has 5 heteroatoms. The number of halogens is 1. The average molecular weight is 475 g/mol. The van der Waals surface area contributed by atoms with Crippen molar-refractivity contribution < 1.29 is 9.53 Å². The highest BCUT2D eigenvalue weighted by molar-refractivity contribution is 9.10. The van der Waals surface area contributed by atoms with Crippen molar-refractivity contribution in [3.05, 3.63) is 94.1 Å². The van der Waals surface area contributed by atoms with Crippen LogP contribution in [0.15, 0.2) is 77.3 Å². The van der Waals surface area contributed by atoms with Crippen molar-refractivity contribution in [3.63, 3.8) is 0 Å². The lowest BCUT2D eigenvalue weighted by molar-refractivity contribution is 0.0601. The number of carbonyl (C=O) groups is 1. The molecule has 0 saturated heterocycles. The standard InChI is InChI=1S/C26H23BrN2O2/c1-31-26(30)20-15-16-22-24(17-20)28-23(25(29-22)19-11-3-2-4-12-19)14-8-6-10-18-9-5-7-13-21(18)27/h2-5,7,9,11-13,15-17H,6,8,10,14H2,1H3. The minimum absolute atomic E-state index is 0.370. The highest BCUT2D eigenvalue weighted by Crippen LogP contribution is 2.26. The third kappa shape index (κ3) is 5.00. The van der Waals surface area contributed by atoms with Crippen LogP contribution in [0.2, 0.25) is 0 Å². The SMILES string of the molecule is COC(=O)c1ccc2nc(-c3ccccc3)c(CCCCc3ccccc3Br)nc2c1. The summed E-state index contributed by atoms with van der Waals surface area (Å²) < 4.78 is 6.00. The van der Waals surface area contributed by atoms with Crippen LogP contribution in [0, 0.1) is 0 Å². The first-order valence-electron chi connectivity index (χ1n) is 10.3. The Bertz CT molecular complexity index is 1210. The number of methoxy groups -OCH3 is 1. The van der Waals surface area contributed by atoms with Crippen LogP contribution in [0.3, 0.4) is 0 Å². The molecule has 0 aliphatic heterocycles. The van der Waals surface area contributed by atoms with Gasteiger partial charge < -0.3 is 4.74 Å². The summed E-state index contributed by atoms with van der Waals surface area (Å²) in [7, 11) is 1.38. The van der Waals surface area contributed by atoms with Crippen molar-refractivity contribution in [2.45, 2.75) is 25.7 Å². The zero-order chi connectivity index (χ0) is 21.6. The van der Waals surface area contributed by atoms with E-state index in [2.05, 4.69) is 46.3 Å². The fourth-order valence-corrected chi connectivity index (χ4v) is 4.13. The highest BCUT2D eigenvalue weighted by atomic mass is 79.9. The molecule has 1 heterocycles. The van der Waals surface area contributed by atoms with Gasteiger partial charge in [0.15, 0.2) is 0 Å². The van der Waals surface area contributed by atoms with Crippen LogP contribution >= 0.6 is 15.9 Å². The predicted octanol–water partition coefficient (Wildman–Crippen LogP) is 6.41. The van der Waals surface area contributed by atoms with Gasteiger partial charge in [-0.1, -0.05) is 64.5 Å². The van der Waals surface area contributed by atoms with Gasteiger partial charge in [-0.15, -0.1) is 0 Å². The number of ether oxygens (including phenoxy) is 1. The molecule has 156 valence electrons. The van der Waals surface area contributed by atoms with Crippen molar-refractivity contribution >= 4 is 32.9 Å². The van der Waals surface area contributed by atoms with Gasteiger partial charge in [0.25, 0.3) is 0 Å². The third-order valence-corrected chi connectivity index (χ3v) is 6.05.